The van der Waals surface area contributed by atoms with Crippen molar-refractivity contribution in [3.8, 4) is 0 Å². The fourth-order valence-electron chi connectivity index (χ4n) is 5.66. The summed E-state index contributed by atoms with van der Waals surface area (Å²) in [6, 6.07) is 4.50. The second-order valence-electron chi connectivity index (χ2n) is 11.6. The highest BCUT2D eigenvalue weighted by Crippen LogP contribution is 2.32. The van der Waals surface area contributed by atoms with Gasteiger partial charge in [-0.25, -0.2) is 14.6 Å². The Morgan fingerprint density at radius 1 is 1.13 bits per heavy atom. The van der Waals surface area contributed by atoms with Crippen molar-refractivity contribution in [1.82, 2.24) is 14.8 Å². The van der Waals surface area contributed by atoms with Crippen LogP contribution in [0, 0.1) is 5.41 Å². The Morgan fingerprint density at radius 2 is 1.89 bits per heavy atom. The molecular weight excluding hydrogens is 504 g/mol. The number of carboxylic acids is 1. The zero-order valence-corrected chi connectivity index (χ0v) is 23.1. The van der Waals surface area contributed by atoms with Gasteiger partial charge in [-0.2, -0.15) is 0 Å². The first-order valence-corrected chi connectivity index (χ1v) is 14.3. The molecular formula is C28H36N4O5S. The molecule has 5 rings (SSSR count). The fourth-order valence-corrected chi connectivity index (χ4v) is 6.43. The van der Waals surface area contributed by atoms with Crippen molar-refractivity contribution in [3.05, 3.63) is 46.0 Å². The number of nitrogens with one attached hydrogen (secondary N) is 1. The standard InChI is InChI=1S/C28H36N4O5S/c1-28(2,3)23-24(33)32-14-20(12-22(32)25(34)35)37-27(36)31-13-18-10-7-9-17(21(18)15-31)8-5-4-6-11-19-16-38-26(29-19)30-23/h7,9-10,16,20,22-23H,4-6,8,11-15H2,1-3H3,(H,29,30)(H,34,35)/t20-,22+,23-/m1/s1. The SMILES string of the molecule is CC(C)(C)[C@@H]1Nc2nc(cs2)CCCCCc2cccc3c2CN(C3)C(=O)O[C@@H]2C[C@@H](C(=O)O)N(C2)C1=O. The molecule has 0 aliphatic carbocycles. The van der Waals surface area contributed by atoms with Crippen molar-refractivity contribution in [3.63, 3.8) is 0 Å². The van der Waals surface area contributed by atoms with E-state index in [1.54, 1.807) is 4.90 Å². The van der Waals surface area contributed by atoms with E-state index in [-0.39, 0.29) is 18.9 Å². The summed E-state index contributed by atoms with van der Waals surface area (Å²) >= 11 is 1.46. The summed E-state index contributed by atoms with van der Waals surface area (Å²) in [7, 11) is 0. The van der Waals surface area contributed by atoms with Gasteiger partial charge in [0.05, 0.1) is 12.2 Å². The van der Waals surface area contributed by atoms with Crippen LogP contribution >= 0.6 is 11.3 Å². The zero-order chi connectivity index (χ0) is 27.0. The van der Waals surface area contributed by atoms with Crippen LogP contribution in [0.2, 0.25) is 0 Å². The molecule has 6 bridgehead atoms. The molecule has 2 N–H and O–H groups in total. The second kappa shape index (κ2) is 10.6. The molecule has 0 spiro atoms. The van der Waals surface area contributed by atoms with Gasteiger partial charge in [0.1, 0.15) is 18.2 Å². The lowest BCUT2D eigenvalue weighted by Crippen LogP contribution is -2.52. The monoisotopic (exact) mass is 540 g/mol. The Labute approximate surface area is 227 Å². The zero-order valence-electron chi connectivity index (χ0n) is 22.2. The van der Waals surface area contributed by atoms with Gasteiger partial charge in [-0.1, -0.05) is 45.4 Å². The van der Waals surface area contributed by atoms with Gasteiger partial charge in [0.15, 0.2) is 5.13 Å². The van der Waals surface area contributed by atoms with E-state index in [1.165, 1.54) is 27.4 Å². The van der Waals surface area contributed by atoms with Gasteiger partial charge in [-0.3, -0.25) is 9.69 Å². The Balaban J connectivity index is 1.43. The molecule has 0 unspecified atom stereocenters. The van der Waals surface area contributed by atoms with Gasteiger partial charge in [-0.05, 0) is 47.8 Å². The van der Waals surface area contributed by atoms with Crippen molar-refractivity contribution < 1.29 is 24.2 Å². The predicted molar refractivity (Wildman–Crippen MR) is 144 cm³/mol. The van der Waals surface area contributed by atoms with Crippen LogP contribution in [0.5, 0.6) is 0 Å². The number of aryl methyl sites for hydroxylation is 2. The maximum Gasteiger partial charge on any atom is 0.410 e. The molecule has 204 valence electrons. The molecule has 38 heavy (non-hydrogen) atoms. The van der Waals surface area contributed by atoms with Crippen LogP contribution in [0.4, 0.5) is 9.93 Å². The van der Waals surface area contributed by atoms with Crippen molar-refractivity contribution in [1.29, 1.82) is 0 Å². The molecule has 10 heteroatoms. The summed E-state index contributed by atoms with van der Waals surface area (Å²) in [6.07, 6.45) is 3.90. The van der Waals surface area contributed by atoms with Gasteiger partial charge in [-0.15, -0.1) is 11.3 Å². The number of amides is 2. The van der Waals surface area contributed by atoms with E-state index < -0.39 is 35.7 Å². The lowest BCUT2D eigenvalue weighted by Gasteiger charge is -2.34. The van der Waals surface area contributed by atoms with Gasteiger partial charge < -0.3 is 20.1 Å². The van der Waals surface area contributed by atoms with E-state index in [0.717, 1.165) is 43.4 Å². The van der Waals surface area contributed by atoms with E-state index in [0.29, 0.717) is 18.2 Å². The molecule has 3 aliphatic rings. The average molecular weight is 541 g/mol. The van der Waals surface area contributed by atoms with Crippen LogP contribution in [0.3, 0.4) is 0 Å². The first-order valence-electron chi connectivity index (χ1n) is 13.4. The Hall–Kier alpha value is -3.14. The van der Waals surface area contributed by atoms with Gasteiger partial charge in [0.25, 0.3) is 0 Å². The van der Waals surface area contributed by atoms with Crippen LogP contribution in [0.15, 0.2) is 23.6 Å². The van der Waals surface area contributed by atoms with Crippen LogP contribution in [0.25, 0.3) is 0 Å². The molecule has 1 aromatic heterocycles. The summed E-state index contributed by atoms with van der Waals surface area (Å²) in [4.78, 5) is 46.8. The predicted octanol–water partition coefficient (Wildman–Crippen LogP) is 4.45. The van der Waals surface area contributed by atoms with Gasteiger partial charge >= 0.3 is 12.1 Å². The number of carbonyl (C=O) groups excluding carboxylic acids is 2. The maximum absolute atomic E-state index is 13.8. The molecule has 1 saturated heterocycles. The van der Waals surface area contributed by atoms with Crippen molar-refractivity contribution in [2.45, 2.75) is 90.6 Å². The highest BCUT2D eigenvalue weighted by Gasteiger charge is 2.46. The van der Waals surface area contributed by atoms with E-state index in [4.69, 9.17) is 9.72 Å². The van der Waals surface area contributed by atoms with Crippen molar-refractivity contribution >= 4 is 34.4 Å². The number of fused-ring (bicyclic) bond motifs is 5. The molecule has 2 aromatic rings. The minimum absolute atomic E-state index is 0.0466. The second-order valence-corrected chi connectivity index (χ2v) is 12.5. The molecule has 3 atom stereocenters. The third-order valence-corrected chi connectivity index (χ3v) is 8.57. The molecule has 0 saturated carbocycles. The molecule has 3 aliphatic heterocycles. The quantitative estimate of drug-likeness (QED) is 0.550. The number of hydrogen-bond acceptors (Lipinski definition) is 7. The molecule has 1 fully saturated rings. The van der Waals surface area contributed by atoms with Gasteiger partial charge in [0.2, 0.25) is 5.91 Å². The number of benzene rings is 1. The van der Waals surface area contributed by atoms with E-state index in [1.807, 2.05) is 32.2 Å². The van der Waals surface area contributed by atoms with Crippen LogP contribution in [-0.2, 0) is 40.3 Å². The molecule has 4 heterocycles. The maximum atomic E-state index is 13.8. The van der Waals surface area contributed by atoms with Crippen LogP contribution in [-0.4, -0.2) is 62.6 Å². The molecule has 2 amide bonds. The highest BCUT2D eigenvalue weighted by atomic mass is 32.1. The van der Waals surface area contributed by atoms with E-state index in [9.17, 15) is 19.5 Å². The number of hydrogen-bond donors (Lipinski definition) is 2. The number of carbonyl (C=O) groups is 3. The van der Waals surface area contributed by atoms with Crippen molar-refractivity contribution in [2.75, 3.05) is 11.9 Å². The molecule has 9 nitrogen and oxygen atoms in total. The average Bonchev–Trinajstić information content (AvgIpc) is 3.59. The minimum Gasteiger partial charge on any atom is -0.480 e. The third-order valence-electron chi connectivity index (χ3n) is 7.75. The number of ether oxygens (including phenoxy) is 1. The molecule has 0 radical (unpaired) electrons. The first-order chi connectivity index (χ1) is 18.1. The lowest BCUT2D eigenvalue weighted by molar-refractivity contribution is -0.149. The Morgan fingerprint density at radius 3 is 2.66 bits per heavy atom. The van der Waals surface area contributed by atoms with Crippen LogP contribution in [0.1, 0.15) is 68.8 Å². The smallest absolute Gasteiger partial charge is 0.410 e. The topological polar surface area (TPSA) is 112 Å². The number of rotatable bonds is 1. The summed E-state index contributed by atoms with van der Waals surface area (Å²) in [5.74, 6) is -1.43. The summed E-state index contributed by atoms with van der Waals surface area (Å²) in [5.41, 5.74) is 4.08. The van der Waals surface area contributed by atoms with Gasteiger partial charge in [0, 0.05) is 24.9 Å². The lowest BCUT2D eigenvalue weighted by atomic mass is 9.85. The third kappa shape index (κ3) is 5.50. The van der Waals surface area contributed by atoms with E-state index in [2.05, 4.69) is 17.4 Å². The van der Waals surface area contributed by atoms with E-state index >= 15 is 0 Å². The van der Waals surface area contributed by atoms with Crippen LogP contribution < -0.4 is 5.32 Å². The number of nitrogens with zero attached hydrogens (tertiary/aromatic N) is 3. The normalized spacial score (nSPS) is 24.7. The molecule has 1 aromatic carbocycles. The minimum atomic E-state index is -1.10. The first kappa shape index (κ1) is 26.5. The number of anilines is 1. The number of thiazole rings is 1. The number of aromatic nitrogens is 1. The Bertz CT molecular complexity index is 1220. The summed E-state index contributed by atoms with van der Waals surface area (Å²) in [6.45, 7) is 6.83. The number of carboxylic acid groups (broad SMARTS) is 1. The summed E-state index contributed by atoms with van der Waals surface area (Å²) < 4.78 is 5.80. The summed E-state index contributed by atoms with van der Waals surface area (Å²) in [5, 5.41) is 15.9. The highest BCUT2D eigenvalue weighted by molar-refractivity contribution is 7.13. The largest absolute Gasteiger partial charge is 0.480 e. The Kier molecular flexibility index (Phi) is 7.35. The number of aliphatic carboxylic acids is 1. The van der Waals surface area contributed by atoms with Crippen molar-refractivity contribution in [2.24, 2.45) is 5.41 Å². The fraction of sp³-hybridized carbons (Fsp3) is 0.571.